The van der Waals surface area contributed by atoms with Crippen molar-refractivity contribution < 1.29 is 4.74 Å². The molecule has 0 amide bonds. The Kier molecular flexibility index (Phi) is 7.20. The molecule has 3 atom stereocenters. The molecule has 1 saturated heterocycles. The topological polar surface area (TPSA) is 21.3 Å². The monoisotopic (exact) mass is 399 g/mol. The van der Waals surface area contributed by atoms with Gasteiger partial charge >= 0.3 is 0 Å². The second-order valence-electron chi connectivity index (χ2n) is 8.73. The van der Waals surface area contributed by atoms with Crippen LogP contribution in [0.25, 0.3) is 0 Å². The molecule has 1 aliphatic heterocycles. The van der Waals surface area contributed by atoms with Gasteiger partial charge in [0.2, 0.25) is 0 Å². The third kappa shape index (κ3) is 5.17. The molecule has 1 fully saturated rings. The van der Waals surface area contributed by atoms with E-state index in [1.54, 1.807) is 0 Å². The quantitative estimate of drug-likeness (QED) is 0.576. The van der Waals surface area contributed by atoms with Gasteiger partial charge in [0, 0.05) is 23.1 Å². The smallest absolute Gasteiger partial charge is 0.0606 e. The SMILES string of the molecule is Cc1ccc([C@]2(CCN[C@H](C)c3ccc(Cl)cc3)CCO[C@@H](C(C)C)C2)cc1. The number of benzene rings is 2. The summed E-state index contributed by atoms with van der Waals surface area (Å²) >= 11 is 6.03. The molecule has 2 aromatic rings. The first kappa shape index (κ1) is 21.4. The van der Waals surface area contributed by atoms with Crippen LogP contribution in [0, 0.1) is 12.8 Å². The predicted molar refractivity (Wildman–Crippen MR) is 119 cm³/mol. The highest BCUT2D eigenvalue weighted by molar-refractivity contribution is 6.30. The van der Waals surface area contributed by atoms with Crippen LogP contribution in [0.5, 0.6) is 0 Å². The minimum Gasteiger partial charge on any atom is -0.378 e. The molecule has 1 aliphatic rings. The van der Waals surface area contributed by atoms with Gasteiger partial charge in [0.25, 0.3) is 0 Å². The lowest BCUT2D eigenvalue weighted by Crippen LogP contribution is -2.42. The molecule has 0 aliphatic carbocycles. The maximum absolute atomic E-state index is 6.11. The molecule has 28 heavy (non-hydrogen) atoms. The Balaban J connectivity index is 1.72. The number of aryl methyl sites for hydroxylation is 1. The molecule has 3 heteroatoms. The van der Waals surface area contributed by atoms with Crippen molar-refractivity contribution in [2.24, 2.45) is 5.92 Å². The first-order valence-electron chi connectivity index (χ1n) is 10.6. The lowest BCUT2D eigenvalue weighted by atomic mass is 9.68. The summed E-state index contributed by atoms with van der Waals surface area (Å²) in [5, 5.41) is 4.52. The summed E-state index contributed by atoms with van der Waals surface area (Å²) in [7, 11) is 0. The van der Waals surface area contributed by atoms with E-state index in [1.165, 1.54) is 16.7 Å². The predicted octanol–water partition coefficient (Wildman–Crippen LogP) is 6.46. The van der Waals surface area contributed by atoms with Gasteiger partial charge in [0.05, 0.1) is 6.10 Å². The van der Waals surface area contributed by atoms with Crippen LogP contribution in [0.3, 0.4) is 0 Å². The molecule has 2 nitrogen and oxygen atoms in total. The molecule has 2 aromatic carbocycles. The van der Waals surface area contributed by atoms with Crippen LogP contribution in [0.2, 0.25) is 5.02 Å². The number of halogens is 1. The van der Waals surface area contributed by atoms with Crippen molar-refractivity contribution in [3.05, 3.63) is 70.2 Å². The van der Waals surface area contributed by atoms with Gasteiger partial charge in [0.1, 0.15) is 0 Å². The number of hydrogen-bond acceptors (Lipinski definition) is 2. The molecule has 152 valence electrons. The molecule has 0 saturated carbocycles. The van der Waals surface area contributed by atoms with Crippen LogP contribution in [0.1, 0.15) is 62.8 Å². The molecule has 0 aromatic heterocycles. The highest BCUT2D eigenvalue weighted by Gasteiger charge is 2.39. The van der Waals surface area contributed by atoms with Gasteiger partial charge < -0.3 is 10.1 Å². The van der Waals surface area contributed by atoms with E-state index >= 15 is 0 Å². The Morgan fingerprint density at radius 3 is 2.39 bits per heavy atom. The zero-order valence-electron chi connectivity index (χ0n) is 17.7. The molecule has 0 spiro atoms. The fourth-order valence-electron chi connectivity index (χ4n) is 4.32. The van der Waals surface area contributed by atoms with Gasteiger partial charge in [-0.15, -0.1) is 0 Å². The van der Waals surface area contributed by atoms with Crippen LogP contribution < -0.4 is 5.32 Å². The van der Waals surface area contributed by atoms with Crippen molar-refractivity contribution in [2.45, 2.75) is 64.5 Å². The fraction of sp³-hybridized carbons (Fsp3) is 0.520. The van der Waals surface area contributed by atoms with Crippen molar-refractivity contribution in [3.8, 4) is 0 Å². The van der Waals surface area contributed by atoms with Crippen LogP contribution in [-0.4, -0.2) is 19.3 Å². The Morgan fingerprint density at radius 1 is 1.07 bits per heavy atom. The van der Waals surface area contributed by atoms with Crippen LogP contribution in [0.4, 0.5) is 0 Å². The maximum atomic E-state index is 6.11. The molecular weight excluding hydrogens is 366 g/mol. The summed E-state index contributed by atoms with van der Waals surface area (Å²) in [5.74, 6) is 0.547. The summed E-state index contributed by atoms with van der Waals surface area (Å²) in [6, 6.07) is 17.6. The maximum Gasteiger partial charge on any atom is 0.0606 e. The third-order valence-corrected chi connectivity index (χ3v) is 6.59. The zero-order valence-corrected chi connectivity index (χ0v) is 18.4. The minimum atomic E-state index is 0.188. The van der Waals surface area contributed by atoms with E-state index in [9.17, 15) is 0 Å². The number of ether oxygens (including phenoxy) is 1. The summed E-state index contributed by atoms with van der Waals surface area (Å²) < 4.78 is 6.11. The van der Waals surface area contributed by atoms with E-state index in [0.29, 0.717) is 18.1 Å². The van der Waals surface area contributed by atoms with E-state index in [4.69, 9.17) is 16.3 Å². The molecule has 0 unspecified atom stereocenters. The highest BCUT2D eigenvalue weighted by Crippen LogP contribution is 2.41. The van der Waals surface area contributed by atoms with E-state index < -0.39 is 0 Å². The molecule has 0 bridgehead atoms. The van der Waals surface area contributed by atoms with Gasteiger partial charge in [-0.1, -0.05) is 67.4 Å². The van der Waals surface area contributed by atoms with Gasteiger partial charge in [0.15, 0.2) is 0 Å². The largest absolute Gasteiger partial charge is 0.378 e. The Labute approximate surface area is 175 Å². The number of rotatable bonds is 7. The van der Waals surface area contributed by atoms with Crippen molar-refractivity contribution in [2.75, 3.05) is 13.2 Å². The number of nitrogens with one attached hydrogen (secondary N) is 1. The van der Waals surface area contributed by atoms with Crippen molar-refractivity contribution in [3.63, 3.8) is 0 Å². The Hall–Kier alpha value is -1.35. The second-order valence-corrected chi connectivity index (χ2v) is 9.17. The molecule has 0 radical (unpaired) electrons. The summed E-state index contributed by atoms with van der Waals surface area (Å²) in [6.45, 7) is 10.8. The van der Waals surface area contributed by atoms with Crippen LogP contribution in [-0.2, 0) is 10.2 Å². The van der Waals surface area contributed by atoms with E-state index in [-0.39, 0.29) is 5.41 Å². The lowest BCUT2D eigenvalue weighted by Gasteiger charge is -2.43. The van der Waals surface area contributed by atoms with Crippen molar-refractivity contribution >= 4 is 11.6 Å². The molecule has 1 N–H and O–H groups in total. The minimum absolute atomic E-state index is 0.188. The molecular formula is C25H34ClNO. The molecule has 3 rings (SSSR count). The first-order chi connectivity index (χ1) is 13.4. The summed E-state index contributed by atoms with van der Waals surface area (Å²) in [4.78, 5) is 0. The standard InChI is InChI=1S/C25H34ClNO/c1-18(2)24-17-25(14-16-28-24,22-9-5-19(3)6-10-22)13-15-27-20(4)21-7-11-23(26)12-8-21/h5-12,18,20,24,27H,13-17H2,1-4H3/t20-,24-,25-/m1/s1. The highest BCUT2D eigenvalue weighted by atomic mass is 35.5. The summed E-state index contributed by atoms with van der Waals surface area (Å²) in [5.41, 5.74) is 4.25. The van der Waals surface area contributed by atoms with Crippen molar-refractivity contribution in [1.82, 2.24) is 5.32 Å². The van der Waals surface area contributed by atoms with Gasteiger partial charge in [-0.25, -0.2) is 0 Å². The zero-order chi connectivity index (χ0) is 20.1. The average molecular weight is 400 g/mol. The number of hydrogen-bond donors (Lipinski definition) is 1. The lowest BCUT2D eigenvalue weighted by molar-refractivity contribution is -0.0470. The first-order valence-corrected chi connectivity index (χ1v) is 10.9. The van der Waals surface area contributed by atoms with E-state index in [0.717, 1.165) is 37.4 Å². The van der Waals surface area contributed by atoms with Gasteiger partial charge in [-0.05, 0) is 68.8 Å². The Morgan fingerprint density at radius 2 is 1.75 bits per heavy atom. The van der Waals surface area contributed by atoms with Crippen LogP contribution in [0.15, 0.2) is 48.5 Å². The summed E-state index contributed by atoms with van der Waals surface area (Å²) in [6.07, 6.45) is 3.66. The van der Waals surface area contributed by atoms with Gasteiger partial charge in [-0.2, -0.15) is 0 Å². The van der Waals surface area contributed by atoms with Crippen LogP contribution >= 0.6 is 11.6 Å². The second kappa shape index (κ2) is 9.43. The normalized spacial score (nSPS) is 23.7. The third-order valence-electron chi connectivity index (χ3n) is 6.34. The molecule has 1 heterocycles. The average Bonchev–Trinajstić information content (AvgIpc) is 2.69. The van der Waals surface area contributed by atoms with Gasteiger partial charge in [-0.3, -0.25) is 0 Å². The van der Waals surface area contributed by atoms with Crippen molar-refractivity contribution in [1.29, 1.82) is 0 Å². The Bertz CT molecular complexity index is 740. The van der Waals surface area contributed by atoms with E-state index in [2.05, 4.69) is 69.4 Å². The van der Waals surface area contributed by atoms with E-state index in [1.807, 2.05) is 12.1 Å². The fourth-order valence-corrected chi connectivity index (χ4v) is 4.44.